The maximum Gasteiger partial charge on any atom is 0.267 e. The first-order valence-electron chi connectivity index (χ1n) is 10.9. The molecule has 3 aromatic carbocycles. The lowest BCUT2D eigenvalue weighted by atomic mass is 10.1. The zero-order chi connectivity index (χ0) is 22.8. The van der Waals surface area contributed by atoms with Crippen molar-refractivity contribution in [3.8, 4) is 33.3 Å². The highest BCUT2D eigenvalue weighted by Crippen LogP contribution is 2.38. The molecule has 1 aliphatic heterocycles. The highest BCUT2D eigenvalue weighted by Gasteiger charge is 2.31. The van der Waals surface area contributed by atoms with Crippen molar-refractivity contribution in [3.05, 3.63) is 83.7 Å². The van der Waals surface area contributed by atoms with E-state index in [9.17, 15) is 4.79 Å². The molecular formula is C27H24N2O3S. The summed E-state index contributed by atoms with van der Waals surface area (Å²) in [7, 11) is 0. The Labute approximate surface area is 197 Å². The lowest BCUT2D eigenvalue weighted by Gasteiger charge is -2.33. The SMILES string of the molecule is Cc1ccc(OCCN2C(=O)C(C)Oc3ccc(-c4csc(-c5ccccc5)n4)cc32)cc1. The van der Waals surface area contributed by atoms with Gasteiger partial charge < -0.3 is 14.4 Å². The van der Waals surface area contributed by atoms with Crippen molar-refractivity contribution in [3.63, 3.8) is 0 Å². The second-order valence-electron chi connectivity index (χ2n) is 8.00. The van der Waals surface area contributed by atoms with Gasteiger partial charge in [0.25, 0.3) is 5.91 Å². The molecule has 1 unspecified atom stereocenters. The lowest BCUT2D eigenvalue weighted by molar-refractivity contribution is -0.125. The van der Waals surface area contributed by atoms with E-state index in [1.165, 1.54) is 5.56 Å². The Kier molecular flexibility index (Phi) is 5.84. The highest BCUT2D eigenvalue weighted by atomic mass is 32.1. The zero-order valence-electron chi connectivity index (χ0n) is 18.5. The molecule has 0 saturated carbocycles. The first kappa shape index (κ1) is 21.2. The number of amides is 1. The van der Waals surface area contributed by atoms with Crippen molar-refractivity contribution in [2.45, 2.75) is 20.0 Å². The van der Waals surface area contributed by atoms with Crippen LogP contribution in [0.15, 0.2) is 78.2 Å². The van der Waals surface area contributed by atoms with Gasteiger partial charge in [-0.2, -0.15) is 0 Å². The zero-order valence-corrected chi connectivity index (χ0v) is 19.3. The van der Waals surface area contributed by atoms with Crippen molar-refractivity contribution in [2.24, 2.45) is 0 Å². The van der Waals surface area contributed by atoms with Gasteiger partial charge in [0.2, 0.25) is 0 Å². The second-order valence-corrected chi connectivity index (χ2v) is 8.86. The van der Waals surface area contributed by atoms with Crippen LogP contribution in [0, 0.1) is 6.92 Å². The molecule has 4 aromatic rings. The first-order valence-corrected chi connectivity index (χ1v) is 11.8. The minimum absolute atomic E-state index is 0.0737. The average Bonchev–Trinajstić information content (AvgIpc) is 3.33. The summed E-state index contributed by atoms with van der Waals surface area (Å²) in [6.07, 6.45) is -0.535. The van der Waals surface area contributed by atoms with Crippen LogP contribution in [0.25, 0.3) is 21.8 Å². The number of ether oxygens (including phenoxy) is 2. The lowest BCUT2D eigenvalue weighted by Crippen LogP contribution is -2.46. The molecule has 6 heteroatoms. The predicted octanol–water partition coefficient (Wildman–Crippen LogP) is 5.98. The molecule has 0 spiro atoms. The fraction of sp³-hybridized carbons (Fsp3) is 0.185. The number of carbonyl (C=O) groups excluding carboxylic acids is 1. The number of carbonyl (C=O) groups is 1. The van der Waals surface area contributed by atoms with E-state index < -0.39 is 6.10 Å². The second kappa shape index (κ2) is 9.08. The number of rotatable bonds is 6. The molecule has 0 aliphatic carbocycles. The van der Waals surface area contributed by atoms with Crippen LogP contribution >= 0.6 is 11.3 Å². The molecular weight excluding hydrogens is 432 g/mol. The Morgan fingerprint density at radius 1 is 1.03 bits per heavy atom. The van der Waals surface area contributed by atoms with E-state index in [4.69, 9.17) is 14.5 Å². The molecule has 1 aromatic heterocycles. The van der Waals surface area contributed by atoms with E-state index in [2.05, 4.69) is 12.1 Å². The molecule has 0 N–H and O–H groups in total. The van der Waals surface area contributed by atoms with Crippen LogP contribution in [0.1, 0.15) is 12.5 Å². The third-order valence-corrected chi connectivity index (χ3v) is 6.48. The first-order chi connectivity index (χ1) is 16.1. The number of fused-ring (bicyclic) bond motifs is 1. The van der Waals surface area contributed by atoms with Gasteiger partial charge in [0, 0.05) is 16.5 Å². The van der Waals surface area contributed by atoms with Crippen LogP contribution in [0.3, 0.4) is 0 Å². The molecule has 1 amide bonds. The molecule has 1 aliphatic rings. The number of hydrogen-bond acceptors (Lipinski definition) is 5. The van der Waals surface area contributed by atoms with E-state index in [0.717, 1.165) is 33.3 Å². The Morgan fingerprint density at radius 3 is 2.61 bits per heavy atom. The van der Waals surface area contributed by atoms with Crippen molar-refractivity contribution < 1.29 is 14.3 Å². The molecule has 5 rings (SSSR count). The fourth-order valence-electron chi connectivity index (χ4n) is 3.81. The smallest absolute Gasteiger partial charge is 0.267 e. The Morgan fingerprint density at radius 2 is 1.82 bits per heavy atom. The summed E-state index contributed by atoms with van der Waals surface area (Å²) in [6, 6.07) is 23.9. The summed E-state index contributed by atoms with van der Waals surface area (Å²) < 4.78 is 11.8. The van der Waals surface area contributed by atoms with E-state index >= 15 is 0 Å². The van der Waals surface area contributed by atoms with Gasteiger partial charge in [-0.05, 0) is 44.2 Å². The summed E-state index contributed by atoms with van der Waals surface area (Å²) in [5.41, 5.74) is 4.84. The molecule has 33 heavy (non-hydrogen) atoms. The Bertz CT molecular complexity index is 1270. The number of benzene rings is 3. The molecule has 2 heterocycles. The molecule has 0 radical (unpaired) electrons. The van der Waals surface area contributed by atoms with Gasteiger partial charge in [-0.1, -0.05) is 48.0 Å². The topological polar surface area (TPSA) is 51.7 Å². The van der Waals surface area contributed by atoms with Gasteiger partial charge >= 0.3 is 0 Å². The largest absolute Gasteiger partial charge is 0.492 e. The molecule has 0 bridgehead atoms. The maximum absolute atomic E-state index is 12.9. The molecule has 0 fully saturated rings. The van der Waals surface area contributed by atoms with Gasteiger partial charge in [-0.3, -0.25) is 4.79 Å². The molecule has 1 atom stereocenters. The van der Waals surface area contributed by atoms with Crippen molar-refractivity contribution in [1.82, 2.24) is 4.98 Å². The van der Waals surface area contributed by atoms with Crippen molar-refractivity contribution in [1.29, 1.82) is 0 Å². The Hall–Kier alpha value is -3.64. The number of aromatic nitrogens is 1. The maximum atomic E-state index is 12.9. The van der Waals surface area contributed by atoms with E-state index in [1.807, 2.05) is 73.0 Å². The highest BCUT2D eigenvalue weighted by molar-refractivity contribution is 7.13. The number of nitrogens with zero attached hydrogens (tertiary/aromatic N) is 2. The van der Waals surface area contributed by atoms with E-state index in [1.54, 1.807) is 23.2 Å². The van der Waals surface area contributed by atoms with Crippen LogP contribution in [-0.4, -0.2) is 30.1 Å². The fourth-order valence-corrected chi connectivity index (χ4v) is 4.64. The standard InChI is InChI=1S/C27H24N2O3S/c1-18-8-11-22(12-9-18)31-15-14-29-24-16-21(10-13-25(24)32-19(2)27(29)30)23-17-33-26(28-23)20-6-4-3-5-7-20/h3-13,16-17,19H,14-15H2,1-2H3. The number of anilines is 1. The summed E-state index contributed by atoms with van der Waals surface area (Å²) in [5, 5.41) is 3.01. The monoisotopic (exact) mass is 456 g/mol. The van der Waals surface area contributed by atoms with Gasteiger partial charge in [0.1, 0.15) is 23.1 Å². The van der Waals surface area contributed by atoms with Gasteiger partial charge in [0.15, 0.2) is 6.10 Å². The minimum atomic E-state index is -0.535. The Balaban J connectivity index is 1.39. The third-order valence-electron chi connectivity index (χ3n) is 5.59. The quantitative estimate of drug-likeness (QED) is 0.358. The van der Waals surface area contributed by atoms with Crippen LogP contribution in [0.2, 0.25) is 0 Å². The summed E-state index contributed by atoms with van der Waals surface area (Å²) in [5.74, 6) is 1.41. The minimum Gasteiger partial charge on any atom is -0.492 e. The van der Waals surface area contributed by atoms with Crippen molar-refractivity contribution in [2.75, 3.05) is 18.1 Å². The molecule has 0 saturated heterocycles. The predicted molar refractivity (Wildman–Crippen MR) is 132 cm³/mol. The molecule has 166 valence electrons. The third kappa shape index (κ3) is 4.47. The van der Waals surface area contributed by atoms with E-state index in [-0.39, 0.29) is 5.91 Å². The summed E-state index contributed by atoms with van der Waals surface area (Å²) in [4.78, 5) is 19.5. The normalized spacial score (nSPS) is 15.2. The van der Waals surface area contributed by atoms with Gasteiger partial charge in [0.05, 0.1) is 17.9 Å². The summed E-state index contributed by atoms with van der Waals surface area (Å²) in [6.45, 7) is 4.64. The van der Waals surface area contributed by atoms with Crippen LogP contribution < -0.4 is 14.4 Å². The van der Waals surface area contributed by atoms with Crippen LogP contribution in [0.5, 0.6) is 11.5 Å². The average molecular weight is 457 g/mol. The van der Waals surface area contributed by atoms with Crippen LogP contribution in [0.4, 0.5) is 5.69 Å². The van der Waals surface area contributed by atoms with Gasteiger partial charge in [-0.15, -0.1) is 11.3 Å². The summed E-state index contributed by atoms with van der Waals surface area (Å²) >= 11 is 1.61. The number of hydrogen-bond donors (Lipinski definition) is 0. The van der Waals surface area contributed by atoms with Gasteiger partial charge in [-0.25, -0.2) is 4.98 Å². The van der Waals surface area contributed by atoms with Crippen LogP contribution in [-0.2, 0) is 4.79 Å². The molecule has 5 nitrogen and oxygen atoms in total. The number of aryl methyl sites for hydroxylation is 1. The number of thiazole rings is 1. The van der Waals surface area contributed by atoms with E-state index in [0.29, 0.717) is 18.9 Å². The van der Waals surface area contributed by atoms with Crippen molar-refractivity contribution >= 4 is 22.9 Å².